The number of hydrogen-bond acceptors (Lipinski definition) is 5. The zero-order valence-electron chi connectivity index (χ0n) is 13.7. The molecule has 26 heavy (non-hydrogen) atoms. The van der Waals surface area contributed by atoms with Crippen LogP contribution < -0.4 is 0 Å². The van der Waals surface area contributed by atoms with Gasteiger partial charge in [-0.3, -0.25) is 19.9 Å². The summed E-state index contributed by atoms with van der Waals surface area (Å²) in [5, 5.41) is 11.3. The van der Waals surface area contributed by atoms with E-state index >= 15 is 0 Å². The number of hydrogen-bond donors (Lipinski definition) is 0. The van der Waals surface area contributed by atoms with Crippen molar-refractivity contribution in [1.82, 2.24) is 0 Å². The minimum absolute atomic E-state index is 0.0392. The molecule has 1 heterocycles. The Morgan fingerprint density at radius 1 is 1.19 bits per heavy atom. The Bertz CT molecular complexity index is 1020. The zero-order valence-corrected chi connectivity index (χ0v) is 14.4. The summed E-state index contributed by atoms with van der Waals surface area (Å²) in [7, 11) is 0. The summed E-state index contributed by atoms with van der Waals surface area (Å²) >= 11 is 6.12. The van der Waals surface area contributed by atoms with Crippen LogP contribution in [0.15, 0.2) is 64.0 Å². The molecule has 7 heteroatoms. The average molecular weight is 369 g/mol. The van der Waals surface area contributed by atoms with E-state index in [-0.39, 0.29) is 11.5 Å². The summed E-state index contributed by atoms with van der Waals surface area (Å²) in [4.78, 5) is 26.1. The van der Waals surface area contributed by atoms with Crippen molar-refractivity contribution >= 4 is 35.0 Å². The predicted molar refractivity (Wildman–Crippen MR) is 99.5 cm³/mol. The van der Waals surface area contributed by atoms with Gasteiger partial charge in [0, 0.05) is 23.3 Å². The van der Waals surface area contributed by atoms with Gasteiger partial charge in [-0.2, -0.15) is 0 Å². The zero-order chi connectivity index (χ0) is 18.7. The number of rotatable bonds is 5. The van der Waals surface area contributed by atoms with Gasteiger partial charge in [-0.05, 0) is 37.3 Å². The first-order chi connectivity index (χ1) is 12.4. The Labute approximate surface area is 153 Å². The summed E-state index contributed by atoms with van der Waals surface area (Å²) < 4.78 is 5.66. The van der Waals surface area contributed by atoms with Crippen LogP contribution in [0.1, 0.15) is 23.0 Å². The lowest BCUT2D eigenvalue weighted by molar-refractivity contribution is -0.384. The normalized spacial score (nSPS) is 11.0. The molecule has 2 aromatic carbocycles. The smallest absolute Gasteiger partial charge is 0.270 e. The number of nitro groups is 1. The van der Waals surface area contributed by atoms with Crippen LogP contribution >= 0.6 is 11.6 Å². The third-order valence-electron chi connectivity index (χ3n) is 3.65. The lowest BCUT2D eigenvalue weighted by Gasteiger charge is -2.00. The van der Waals surface area contributed by atoms with E-state index in [1.54, 1.807) is 36.4 Å². The van der Waals surface area contributed by atoms with Gasteiger partial charge in [-0.1, -0.05) is 23.7 Å². The molecule has 0 atom stereocenters. The quantitative estimate of drug-likeness (QED) is 0.259. The highest BCUT2D eigenvalue weighted by Crippen LogP contribution is 2.32. The molecule has 0 saturated heterocycles. The van der Waals surface area contributed by atoms with Crippen molar-refractivity contribution in [1.29, 1.82) is 0 Å². The van der Waals surface area contributed by atoms with Crippen molar-refractivity contribution < 1.29 is 14.1 Å². The molecule has 0 unspecified atom stereocenters. The van der Waals surface area contributed by atoms with Gasteiger partial charge >= 0.3 is 0 Å². The monoisotopic (exact) mass is 368 g/mol. The van der Waals surface area contributed by atoms with Gasteiger partial charge in [0.2, 0.25) is 0 Å². The second-order valence-corrected chi connectivity index (χ2v) is 5.90. The van der Waals surface area contributed by atoms with Crippen LogP contribution in [0.5, 0.6) is 0 Å². The van der Waals surface area contributed by atoms with Gasteiger partial charge in [0.15, 0.2) is 5.78 Å². The molecule has 1 aromatic heterocycles. The number of carbonyl (C=O) groups is 1. The molecule has 0 aliphatic heterocycles. The number of aliphatic imine (C=N–C) groups is 1. The van der Waals surface area contributed by atoms with Gasteiger partial charge in [0.25, 0.3) is 5.69 Å². The average Bonchev–Trinajstić information content (AvgIpc) is 3.09. The topological polar surface area (TPSA) is 85.7 Å². The summed E-state index contributed by atoms with van der Waals surface area (Å²) in [5.74, 6) is 0.816. The first-order valence-electron chi connectivity index (χ1n) is 7.63. The Hall–Kier alpha value is -3.25. The van der Waals surface area contributed by atoms with Crippen molar-refractivity contribution in [3.8, 4) is 11.3 Å². The van der Waals surface area contributed by atoms with Crippen molar-refractivity contribution in [2.24, 2.45) is 4.99 Å². The number of non-ortho nitro benzene ring substituents is 1. The number of furan rings is 1. The van der Waals surface area contributed by atoms with E-state index in [0.717, 1.165) is 0 Å². The molecule has 3 rings (SSSR count). The second kappa shape index (κ2) is 7.33. The van der Waals surface area contributed by atoms with E-state index in [2.05, 4.69) is 4.99 Å². The molecule has 0 amide bonds. The van der Waals surface area contributed by atoms with Crippen LogP contribution in [-0.4, -0.2) is 16.9 Å². The van der Waals surface area contributed by atoms with Crippen LogP contribution in [0.2, 0.25) is 5.02 Å². The van der Waals surface area contributed by atoms with E-state index in [0.29, 0.717) is 33.4 Å². The SMILES string of the molecule is CC(=O)c1cccc(N=Cc2ccc(-c3cc([N+](=O)[O-])ccc3Cl)o2)c1. The van der Waals surface area contributed by atoms with Gasteiger partial charge in [0.1, 0.15) is 11.5 Å². The third-order valence-corrected chi connectivity index (χ3v) is 3.98. The lowest BCUT2D eigenvalue weighted by atomic mass is 10.1. The number of halogens is 1. The lowest BCUT2D eigenvalue weighted by Crippen LogP contribution is -1.89. The van der Waals surface area contributed by atoms with Crippen LogP contribution in [0, 0.1) is 10.1 Å². The standard InChI is InChI=1S/C19H13ClN2O4/c1-12(23)13-3-2-4-14(9-13)21-11-16-6-8-19(26-16)17-10-15(22(24)25)5-7-18(17)20/h2-11H,1H3. The predicted octanol–water partition coefficient (Wildman–Crippen LogP) is 5.46. The molecule has 0 aliphatic rings. The fraction of sp³-hybridized carbons (Fsp3) is 0.0526. The Morgan fingerprint density at radius 2 is 2.00 bits per heavy atom. The minimum Gasteiger partial charge on any atom is -0.455 e. The molecule has 6 nitrogen and oxygen atoms in total. The third kappa shape index (κ3) is 3.87. The first kappa shape index (κ1) is 17.6. The van der Waals surface area contributed by atoms with Crippen LogP contribution in [0.4, 0.5) is 11.4 Å². The molecule has 0 radical (unpaired) electrons. The van der Waals surface area contributed by atoms with Crippen molar-refractivity contribution in [3.63, 3.8) is 0 Å². The molecule has 0 aliphatic carbocycles. The Kier molecular flexibility index (Phi) is 4.95. The largest absolute Gasteiger partial charge is 0.455 e. The molecular formula is C19H13ClN2O4. The number of Topliss-reactive ketones (excluding diaryl/α,β-unsaturated/α-hetero) is 1. The summed E-state index contributed by atoms with van der Waals surface area (Å²) in [5.41, 5.74) is 1.54. The van der Waals surface area contributed by atoms with Gasteiger partial charge in [0.05, 0.1) is 21.8 Å². The number of carbonyl (C=O) groups excluding carboxylic acids is 1. The Balaban J connectivity index is 1.87. The summed E-state index contributed by atoms with van der Waals surface area (Å²) in [6.45, 7) is 1.49. The van der Waals surface area contributed by atoms with Crippen LogP contribution in [0.25, 0.3) is 11.3 Å². The van der Waals surface area contributed by atoms with Crippen LogP contribution in [-0.2, 0) is 0 Å². The fourth-order valence-corrected chi connectivity index (χ4v) is 2.54. The highest BCUT2D eigenvalue weighted by molar-refractivity contribution is 6.33. The Morgan fingerprint density at radius 3 is 2.73 bits per heavy atom. The maximum atomic E-state index is 11.4. The molecule has 3 aromatic rings. The van der Waals surface area contributed by atoms with E-state index in [9.17, 15) is 14.9 Å². The van der Waals surface area contributed by atoms with E-state index in [1.165, 1.54) is 31.3 Å². The number of benzene rings is 2. The molecule has 0 N–H and O–H groups in total. The summed E-state index contributed by atoms with van der Waals surface area (Å²) in [6, 6.07) is 14.4. The van der Waals surface area contributed by atoms with Crippen molar-refractivity contribution in [3.05, 3.63) is 81.1 Å². The van der Waals surface area contributed by atoms with Crippen LogP contribution in [0.3, 0.4) is 0 Å². The molecule has 0 spiro atoms. The van der Waals surface area contributed by atoms with Gasteiger partial charge < -0.3 is 4.42 Å². The summed E-state index contributed by atoms with van der Waals surface area (Å²) in [6.07, 6.45) is 1.51. The van der Waals surface area contributed by atoms with Crippen molar-refractivity contribution in [2.75, 3.05) is 0 Å². The molecular weight excluding hydrogens is 356 g/mol. The minimum atomic E-state index is -0.493. The maximum absolute atomic E-state index is 11.4. The first-order valence-corrected chi connectivity index (χ1v) is 8.01. The fourth-order valence-electron chi connectivity index (χ4n) is 2.33. The molecule has 130 valence electrons. The highest BCUT2D eigenvalue weighted by Gasteiger charge is 2.14. The van der Waals surface area contributed by atoms with E-state index in [1.807, 2.05) is 0 Å². The number of nitro benzene ring substituents is 1. The van der Waals surface area contributed by atoms with Crippen molar-refractivity contribution in [2.45, 2.75) is 6.92 Å². The number of nitrogens with zero attached hydrogens (tertiary/aromatic N) is 2. The second-order valence-electron chi connectivity index (χ2n) is 5.49. The molecule has 0 saturated carbocycles. The maximum Gasteiger partial charge on any atom is 0.270 e. The van der Waals surface area contributed by atoms with E-state index in [4.69, 9.17) is 16.0 Å². The van der Waals surface area contributed by atoms with Gasteiger partial charge in [-0.25, -0.2) is 0 Å². The highest BCUT2D eigenvalue weighted by atomic mass is 35.5. The number of ketones is 1. The van der Waals surface area contributed by atoms with Gasteiger partial charge in [-0.15, -0.1) is 0 Å². The molecule has 0 fully saturated rings. The van der Waals surface area contributed by atoms with E-state index < -0.39 is 4.92 Å². The molecule has 0 bridgehead atoms.